The molecule has 2 heterocycles. The zero-order valence-electron chi connectivity index (χ0n) is 18.8. The van der Waals surface area contributed by atoms with Gasteiger partial charge in [0.15, 0.2) is 11.5 Å². The molecule has 2 amide bonds. The van der Waals surface area contributed by atoms with Crippen LogP contribution in [-0.4, -0.2) is 68.6 Å². The van der Waals surface area contributed by atoms with Crippen LogP contribution < -0.4 is 14.8 Å². The van der Waals surface area contributed by atoms with Crippen molar-refractivity contribution in [3.8, 4) is 11.5 Å². The predicted octanol–water partition coefficient (Wildman–Crippen LogP) is 4.16. The molecule has 0 unspecified atom stereocenters. The number of piperidine rings is 1. The van der Waals surface area contributed by atoms with E-state index in [-0.39, 0.29) is 39.6 Å². The fraction of sp³-hybridized carbons (Fsp3) is 0.636. The van der Waals surface area contributed by atoms with Crippen LogP contribution in [0.4, 0.5) is 4.79 Å². The number of ether oxygens (including phenoxy) is 4. The molecule has 2 aliphatic heterocycles. The van der Waals surface area contributed by atoms with E-state index >= 15 is 0 Å². The molecule has 178 valence electrons. The van der Waals surface area contributed by atoms with Gasteiger partial charge in [0.1, 0.15) is 10.6 Å². The molecule has 1 fully saturated rings. The number of fused-ring (bicyclic) bond motifs is 1. The Balaban J connectivity index is 1.65. The van der Waals surface area contributed by atoms with Gasteiger partial charge < -0.3 is 29.2 Å². The predicted molar refractivity (Wildman–Crippen MR) is 121 cm³/mol. The molecule has 0 saturated carbocycles. The minimum absolute atomic E-state index is 0.0289. The number of halogens is 2. The van der Waals surface area contributed by atoms with Gasteiger partial charge in [0.05, 0.1) is 36.4 Å². The Morgan fingerprint density at radius 3 is 2.56 bits per heavy atom. The number of methoxy groups -OCH3 is 1. The summed E-state index contributed by atoms with van der Waals surface area (Å²) in [4.78, 5) is 27.0. The summed E-state index contributed by atoms with van der Waals surface area (Å²) in [5.41, 5.74) is -0.287. The molecule has 0 aliphatic carbocycles. The number of carbonyl (C=O) groups is 2. The molecule has 3 rings (SSSR count). The van der Waals surface area contributed by atoms with E-state index in [4.69, 9.17) is 42.1 Å². The van der Waals surface area contributed by atoms with E-state index in [2.05, 4.69) is 5.32 Å². The molecule has 0 radical (unpaired) electrons. The molecule has 32 heavy (non-hydrogen) atoms. The smallest absolute Gasteiger partial charge is 0.410 e. The van der Waals surface area contributed by atoms with Gasteiger partial charge in [-0.1, -0.05) is 23.2 Å². The van der Waals surface area contributed by atoms with Crippen molar-refractivity contribution in [1.82, 2.24) is 10.2 Å². The van der Waals surface area contributed by atoms with Gasteiger partial charge in [-0.15, -0.1) is 0 Å². The third-order valence-electron chi connectivity index (χ3n) is 5.33. The lowest BCUT2D eigenvalue weighted by atomic mass is 9.93. The highest BCUT2D eigenvalue weighted by atomic mass is 35.5. The second kappa shape index (κ2) is 10.4. The van der Waals surface area contributed by atoms with Gasteiger partial charge in [-0.3, -0.25) is 4.79 Å². The molecular weight excluding hydrogens is 459 g/mol. The van der Waals surface area contributed by atoms with Gasteiger partial charge >= 0.3 is 6.09 Å². The van der Waals surface area contributed by atoms with Gasteiger partial charge in [-0.25, -0.2) is 4.79 Å². The average Bonchev–Trinajstić information content (AvgIpc) is 2.99. The molecule has 1 aromatic rings. The van der Waals surface area contributed by atoms with E-state index in [1.54, 1.807) is 12.0 Å². The molecule has 0 spiro atoms. The second-order valence-electron chi connectivity index (χ2n) is 8.89. The van der Waals surface area contributed by atoms with E-state index < -0.39 is 5.60 Å². The summed E-state index contributed by atoms with van der Waals surface area (Å²) >= 11 is 12.5. The zero-order chi connectivity index (χ0) is 23.5. The molecule has 8 nitrogen and oxygen atoms in total. The van der Waals surface area contributed by atoms with E-state index in [0.29, 0.717) is 57.2 Å². The van der Waals surface area contributed by atoms with E-state index in [1.807, 2.05) is 20.8 Å². The minimum Gasteiger partial charge on any atom is -0.489 e. The van der Waals surface area contributed by atoms with Crippen LogP contribution in [0.1, 0.15) is 44.0 Å². The van der Waals surface area contributed by atoms with Crippen molar-refractivity contribution in [3.63, 3.8) is 0 Å². The summed E-state index contributed by atoms with van der Waals surface area (Å²) in [5, 5.41) is 3.40. The molecule has 2 atom stereocenters. The van der Waals surface area contributed by atoms with Crippen molar-refractivity contribution in [2.24, 2.45) is 5.92 Å². The van der Waals surface area contributed by atoms with Crippen molar-refractivity contribution in [3.05, 3.63) is 21.7 Å². The SMILES string of the molecule is CO[C@@H]1CN(C(=O)OC(C)(C)C)CC[C@H]1CNC(=O)c1cc(Cl)c(Cl)c2c1OCCCO2. The van der Waals surface area contributed by atoms with Gasteiger partial charge in [-0.2, -0.15) is 0 Å². The van der Waals surface area contributed by atoms with Crippen LogP contribution in [0.5, 0.6) is 11.5 Å². The van der Waals surface area contributed by atoms with Crippen LogP contribution in [0.25, 0.3) is 0 Å². The number of hydrogen-bond acceptors (Lipinski definition) is 6. The maximum Gasteiger partial charge on any atom is 0.410 e. The number of nitrogens with zero attached hydrogens (tertiary/aromatic N) is 1. The van der Waals surface area contributed by atoms with Crippen LogP contribution in [0.3, 0.4) is 0 Å². The lowest BCUT2D eigenvalue weighted by Gasteiger charge is -2.38. The lowest BCUT2D eigenvalue weighted by Crippen LogP contribution is -2.51. The van der Waals surface area contributed by atoms with Gasteiger partial charge in [-0.05, 0) is 33.3 Å². The van der Waals surface area contributed by atoms with Crippen molar-refractivity contribution >= 4 is 35.2 Å². The maximum atomic E-state index is 13.0. The zero-order valence-corrected chi connectivity index (χ0v) is 20.3. The number of rotatable bonds is 4. The fourth-order valence-corrected chi connectivity index (χ4v) is 4.10. The first-order valence-corrected chi connectivity index (χ1v) is 11.4. The van der Waals surface area contributed by atoms with E-state index in [0.717, 1.165) is 0 Å². The van der Waals surface area contributed by atoms with E-state index in [9.17, 15) is 9.59 Å². The highest BCUT2D eigenvalue weighted by Crippen LogP contribution is 2.44. The first kappa shape index (κ1) is 24.7. The molecule has 1 saturated heterocycles. The standard InChI is InChI=1S/C22H30Cl2N2O6/c1-22(2,3)32-21(28)26-7-6-13(16(12-26)29-4)11-25-20(27)14-10-15(23)17(24)19-18(14)30-8-5-9-31-19/h10,13,16H,5-9,11-12H2,1-4H3,(H,25,27)/t13-,16+/m0/s1. The van der Waals surface area contributed by atoms with Gasteiger partial charge in [0.25, 0.3) is 5.91 Å². The number of likely N-dealkylation sites (tertiary alicyclic amines) is 1. The van der Waals surface area contributed by atoms with Crippen molar-refractivity contribution in [1.29, 1.82) is 0 Å². The average molecular weight is 489 g/mol. The Morgan fingerprint density at radius 1 is 1.22 bits per heavy atom. The van der Waals surface area contributed by atoms with Crippen LogP contribution >= 0.6 is 23.2 Å². The summed E-state index contributed by atoms with van der Waals surface area (Å²) in [6.45, 7) is 7.63. The molecule has 0 bridgehead atoms. The minimum atomic E-state index is -0.561. The second-order valence-corrected chi connectivity index (χ2v) is 9.67. The number of hydrogen-bond donors (Lipinski definition) is 1. The van der Waals surface area contributed by atoms with Crippen molar-refractivity contribution in [2.75, 3.05) is 40.0 Å². The first-order valence-electron chi connectivity index (χ1n) is 10.7. The Morgan fingerprint density at radius 2 is 1.91 bits per heavy atom. The van der Waals surface area contributed by atoms with Gasteiger partial charge in [0, 0.05) is 32.5 Å². The van der Waals surface area contributed by atoms with Crippen molar-refractivity contribution < 1.29 is 28.5 Å². The summed E-state index contributed by atoms with van der Waals surface area (Å²) in [6.07, 6.45) is 0.742. The topological polar surface area (TPSA) is 86.3 Å². The third-order valence-corrected chi connectivity index (χ3v) is 6.10. The van der Waals surface area contributed by atoms with Crippen LogP contribution in [0.15, 0.2) is 6.07 Å². The normalized spacial score (nSPS) is 21.0. The van der Waals surface area contributed by atoms with Crippen LogP contribution in [0.2, 0.25) is 10.0 Å². The van der Waals surface area contributed by atoms with Crippen LogP contribution in [-0.2, 0) is 9.47 Å². The quantitative estimate of drug-likeness (QED) is 0.684. The largest absolute Gasteiger partial charge is 0.489 e. The summed E-state index contributed by atoms with van der Waals surface area (Å²) in [6, 6.07) is 1.49. The molecule has 1 N–H and O–H groups in total. The first-order chi connectivity index (χ1) is 15.1. The van der Waals surface area contributed by atoms with E-state index in [1.165, 1.54) is 6.07 Å². The number of amides is 2. The highest BCUT2D eigenvalue weighted by Gasteiger charge is 2.34. The fourth-order valence-electron chi connectivity index (χ4n) is 3.71. The number of nitrogens with one attached hydrogen (secondary N) is 1. The number of benzene rings is 1. The molecule has 2 aliphatic rings. The molecule has 0 aromatic heterocycles. The molecule has 10 heteroatoms. The third kappa shape index (κ3) is 5.91. The summed E-state index contributed by atoms with van der Waals surface area (Å²) in [7, 11) is 1.60. The van der Waals surface area contributed by atoms with Gasteiger partial charge in [0.2, 0.25) is 0 Å². The highest BCUT2D eigenvalue weighted by molar-refractivity contribution is 6.43. The Hall–Kier alpha value is -1.90. The lowest BCUT2D eigenvalue weighted by molar-refractivity contribution is -0.0280. The van der Waals surface area contributed by atoms with Crippen molar-refractivity contribution in [2.45, 2.75) is 45.3 Å². The van der Waals surface area contributed by atoms with Crippen LogP contribution in [0, 0.1) is 5.92 Å². The Labute approximate surface area is 198 Å². The molecule has 1 aromatic carbocycles. The Bertz CT molecular complexity index is 858. The summed E-state index contributed by atoms with van der Waals surface area (Å²) in [5.74, 6) is 0.288. The monoisotopic (exact) mass is 488 g/mol. The molecular formula is C22H30Cl2N2O6. The number of carbonyl (C=O) groups excluding carboxylic acids is 2. The summed E-state index contributed by atoms with van der Waals surface area (Å²) < 4.78 is 22.5. The maximum absolute atomic E-state index is 13.0. The Kier molecular flexibility index (Phi) is 8.01.